The summed E-state index contributed by atoms with van der Waals surface area (Å²) >= 11 is 0. The summed E-state index contributed by atoms with van der Waals surface area (Å²) in [5, 5.41) is 13.5. The van der Waals surface area contributed by atoms with Crippen LogP contribution in [0.2, 0.25) is 0 Å². The van der Waals surface area contributed by atoms with E-state index in [4.69, 9.17) is 10.8 Å². The van der Waals surface area contributed by atoms with E-state index in [1.54, 1.807) is 24.3 Å². The molecule has 0 saturated heterocycles. The Labute approximate surface area is 184 Å². The highest BCUT2D eigenvalue weighted by molar-refractivity contribution is 6.21. The third kappa shape index (κ3) is 6.37. The molecule has 1 aromatic carbocycles. The summed E-state index contributed by atoms with van der Waals surface area (Å²) in [7, 11) is 0. The summed E-state index contributed by atoms with van der Waals surface area (Å²) in [5.41, 5.74) is 5.90. The number of aliphatic carboxylic acids is 1. The number of benzene rings is 1. The number of imide groups is 1. The lowest BCUT2D eigenvalue weighted by atomic mass is 10.1. The molecule has 0 spiro atoms. The summed E-state index contributed by atoms with van der Waals surface area (Å²) in [4.78, 5) is 72.0. The fourth-order valence-corrected chi connectivity index (χ4v) is 3.23. The molecule has 32 heavy (non-hydrogen) atoms. The van der Waals surface area contributed by atoms with Crippen LogP contribution in [-0.4, -0.2) is 64.1 Å². The van der Waals surface area contributed by atoms with Gasteiger partial charge in [0.25, 0.3) is 11.8 Å². The van der Waals surface area contributed by atoms with Gasteiger partial charge < -0.3 is 21.5 Å². The monoisotopic (exact) mass is 446 g/mol. The largest absolute Gasteiger partial charge is 0.481 e. The molecule has 0 saturated carbocycles. The van der Waals surface area contributed by atoms with E-state index < -0.39 is 35.8 Å². The number of carbonyl (C=O) groups is 6. The molecular formula is C21H26N4O7. The SMILES string of the molecule is C[C@@H](NC(=O)CCCCN1C(=O)c2ccccc2C1=O)C(=O)N[C@H](CCC(=O)O)C(N)=O. The normalized spacial score (nSPS) is 14.5. The van der Waals surface area contributed by atoms with Crippen LogP contribution in [-0.2, 0) is 19.2 Å². The van der Waals surface area contributed by atoms with E-state index in [2.05, 4.69) is 10.6 Å². The fraction of sp³-hybridized carbons (Fsp3) is 0.429. The van der Waals surface area contributed by atoms with E-state index >= 15 is 0 Å². The lowest BCUT2D eigenvalue weighted by molar-refractivity contribution is -0.137. The summed E-state index contributed by atoms with van der Waals surface area (Å²) in [6.07, 6.45) is 0.365. The van der Waals surface area contributed by atoms with Crippen molar-refractivity contribution in [3.63, 3.8) is 0 Å². The molecule has 0 fully saturated rings. The number of carboxylic acids is 1. The highest BCUT2D eigenvalue weighted by Crippen LogP contribution is 2.22. The van der Waals surface area contributed by atoms with Gasteiger partial charge in [-0.2, -0.15) is 0 Å². The van der Waals surface area contributed by atoms with Gasteiger partial charge in [0.05, 0.1) is 11.1 Å². The molecule has 0 unspecified atom stereocenters. The van der Waals surface area contributed by atoms with Crippen LogP contribution in [0.1, 0.15) is 59.7 Å². The molecule has 2 atom stereocenters. The molecule has 1 heterocycles. The number of fused-ring (bicyclic) bond motifs is 1. The van der Waals surface area contributed by atoms with Gasteiger partial charge in [-0.25, -0.2) is 0 Å². The van der Waals surface area contributed by atoms with Crippen LogP contribution in [0, 0.1) is 0 Å². The number of nitrogens with zero attached hydrogens (tertiary/aromatic N) is 1. The van der Waals surface area contributed by atoms with Crippen LogP contribution in [0.3, 0.4) is 0 Å². The predicted octanol–water partition coefficient (Wildman–Crippen LogP) is -0.207. The van der Waals surface area contributed by atoms with Gasteiger partial charge >= 0.3 is 5.97 Å². The van der Waals surface area contributed by atoms with Gasteiger partial charge in [0.15, 0.2) is 0 Å². The number of carboxylic acid groups (broad SMARTS) is 1. The van der Waals surface area contributed by atoms with E-state index in [1.165, 1.54) is 6.92 Å². The lowest BCUT2D eigenvalue weighted by Gasteiger charge is -2.19. The molecule has 11 nitrogen and oxygen atoms in total. The maximum Gasteiger partial charge on any atom is 0.303 e. The Morgan fingerprint density at radius 2 is 1.59 bits per heavy atom. The van der Waals surface area contributed by atoms with Crippen molar-refractivity contribution in [2.75, 3.05) is 6.54 Å². The quantitative estimate of drug-likeness (QED) is 0.254. The van der Waals surface area contributed by atoms with Gasteiger partial charge in [-0.15, -0.1) is 0 Å². The molecule has 1 aliphatic rings. The Balaban J connectivity index is 1.73. The number of rotatable bonds is 12. The zero-order chi connectivity index (χ0) is 23.8. The predicted molar refractivity (Wildman–Crippen MR) is 111 cm³/mol. The van der Waals surface area contributed by atoms with Gasteiger partial charge in [-0.3, -0.25) is 33.7 Å². The van der Waals surface area contributed by atoms with Crippen molar-refractivity contribution in [2.24, 2.45) is 5.73 Å². The van der Waals surface area contributed by atoms with Gasteiger partial charge in [0.1, 0.15) is 12.1 Å². The first kappa shape index (κ1) is 24.5. The first-order chi connectivity index (χ1) is 15.1. The standard InChI is InChI=1S/C21H26N4O7/c1-12(19(30)24-15(18(22)29)9-10-17(27)28)23-16(26)8-4-5-11-25-20(31)13-6-2-3-7-14(13)21(25)32/h2-3,6-7,12,15H,4-5,8-11H2,1H3,(H2,22,29)(H,23,26)(H,24,30)(H,27,28)/t12-,15-/m1/s1. The molecule has 2 rings (SSSR count). The third-order valence-electron chi connectivity index (χ3n) is 4.99. The summed E-state index contributed by atoms with van der Waals surface area (Å²) in [5.74, 6) is -3.80. The first-order valence-corrected chi connectivity index (χ1v) is 10.2. The van der Waals surface area contributed by atoms with Gasteiger partial charge in [-0.1, -0.05) is 12.1 Å². The van der Waals surface area contributed by atoms with Crippen LogP contribution in [0.5, 0.6) is 0 Å². The molecule has 172 valence electrons. The smallest absolute Gasteiger partial charge is 0.303 e. The molecule has 0 aromatic heterocycles. The maximum atomic E-state index is 12.3. The van der Waals surface area contributed by atoms with Crippen LogP contribution in [0.4, 0.5) is 0 Å². The highest BCUT2D eigenvalue weighted by atomic mass is 16.4. The molecule has 1 aliphatic heterocycles. The lowest BCUT2D eigenvalue weighted by Crippen LogP contribution is -2.51. The number of carbonyl (C=O) groups excluding carboxylic acids is 5. The molecule has 11 heteroatoms. The van der Waals surface area contributed by atoms with E-state index in [0.29, 0.717) is 24.0 Å². The highest BCUT2D eigenvalue weighted by Gasteiger charge is 2.34. The number of hydrogen-bond acceptors (Lipinski definition) is 6. The second kappa shape index (κ2) is 11.0. The van der Waals surface area contributed by atoms with Crippen LogP contribution < -0.4 is 16.4 Å². The van der Waals surface area contributed by atoms with Crippen molar-refractivity contribution in [1.82, 2.24) is 15.5 Å². The number of nitrogens with one attached hydrogen (secondary N) is 2. The minimum atomic E-state index is -1.15. The first-order valence-electron chi connectivity index (χ1n) is 10.2. The number of primary amides is 1. The Morgan fingerprint density at radius 3 is 2.12 bits per heavy atom. The van der Waals surface area contributed by atoms with Crippen molar-refractivity contribution < 1.29 is 33.9 Å². The van der Waals surface area contributed by atoms with E-state index in [0.717, 1.165) is 4.90 Å². The summed E-state index contributed by atoms with van der Waals surface area (Å²) in [6.45, 7) is 1.60. The molecule has 0 radical (unpaired) electrons. The van der Waals surface area contributed by atoms with Gasteiger partial charge in [0.2, 0.25) is 17.7 Å². The Kier molecular flexibility index (Phi) is 8.45. The van der Waals surface area contributed by atoms with Gasteiger partial charge in [-0.05, 0) is 38.3 Å². The molecular weight excluding hydrogens is 420 g/mol. The zero-order valence-corrected chi connectivity index (χ0v) is 17.6. The zero-order valence-electron chi connectivity index (χ0n) is 17.6. The minimum absolute atomic E-state index is 0.0685. The van der Waals surface area contributed by atoms with Crippen molar-refractivity contribution in [2.45, 2.75) is 51.1 Å². The second-order valence-corrected chi connectivity index (χ2v) is 7.45. The Bertz CT molecular complexity index is 895. The maximum absolute atomic E-state index is 12.3. The summed E-state index contributed by atoms with van der Waals surface area (Å²) < 4.78 is 0. The second-order valence-electron chi connectivity index (χ2n) is 7.45. The molecule has 0 aliphatic carbocycles. The van der Waals surface area contributed by atoms with Crippen molar-refractivity contribution >= 4 is 35.5 Å². The van der Waals surface area contributed by atoms with E-state index in [9.17, 15) is 28.8 Å². The van der Waals surface area contributed by atoms with E-state index in [-0.39, 0.29) is 37.6 Å². The van der Waals surface area contributed by atoms with E-state index in [1.807, 2.05) is 0 Å². The van der Waals surface area contributed by atoms with Crippen LogP contribution in [0.25, 0.3) is 0 Å². The summed E-state index contributed by atoms with van der Waals surface area (Å²) in [6, 6.07) is 4.45. The Hall–Kier alpha value is -3.76. The number of nitrogens with two attached hydrogens (primary N) is 1. The molecule has 5 N–H and O–H groups in total. The van der Waals surface area contributed by atoms with Crippen molar-refractivity contribution in [1.29, 1.82) is 0 Å². The molecule has 0 bridgehead atoms. The van der Waals surface area contributed by atoms with Crippen LogP contribution >= 0.6 is 0 Å². The average Bonchev–Trinajstić information content (AvgIpc) is 2.98. The number of hydrogen-bond donors (Lipinski definition) is 4. The van der Waals surface area contributed by atoms with Crippen molar-refractivity contribution in [3.8, 4) is 0 Å². The van der Waals surface area contributed by atoms with Crippen molar-refractivity contribution in [3.05, 3.63) is 35.4 Å². The fourth-order valence-electron chi connectivity index (χ4n) is 3.23. The Morgan fingerprint density at radius 1 is 1.00 bits per heavy atom. The van der Waals surface area contributed by atoms with Crippen LogP contribution in [0.15, 0.2) is 24.3 Å². The number of amides is 5. The average molecular weight is 446 g/mol. The minimum Gasteiger partial charge on any atom is -0.481 e. The molecule has 1 aromatic rings. The van der Waals surface area contributed by atoms with Gasteiger partial charge in [0, 0.05) is 19.4 Å². The topological polar surface area (TPSA) is 176 Å². The molecule has 5 amide bonds. The number of unbranched alkanes of at least 4 members (excludes halogenated alkanes) is 1. The third-order valence-corrected chi connectivity index (χ3v) is 4.99.